The second kappa shape index (κ2) is 11.0. The van der Waals surface area contributed by atoms with E-state index in [0.717, 1.165) is 27.7 Å². The van der Waals surface area contributed by atoms with E-state index in [2.05, 4.69) is 20.6 Å². The number of rotatable bonds is 9. The maximum absolute atomic E-state index is 13.1. The van der Waals surface area contributed by atoms with Crippen LogP contribution in [0.25, 0.3) is 11.0 Å². The molecule has 0 saturated heterocycles. The highest BCUT2D eigenvalue weighted by atomic mass is 35.5. The van der Waals surface area contributed by atoms with Gasteiger partial charge in [-0.05, 0) is 41.0 Å². The lowest BCUT2D eigenvalue weighted by atomic mass is 10.0. The van der Waals surface area contributed by atoms with E-state index >= 15 is 0 Å². The van der Waals surface area contributed by atoms with E-state index in [1.807, 2.05) is 42.5 Å². The van der Waals surface area contributed by atoms with Crippen LogP contribution in [0.4, 0.5) is 0 Å². The minimum Gasteiger partial charge on any atom is -0.383 e. The molecular formula is C26H25ClN4O3. The molecule has 2 atom stereocenters. The van der Waals surface area contributed by atoms with Gasteiger partial charge in [0.05, 0.1) is 0 Å². The zero-order valence-electron chi connectivity index (χ0n) is 18.4. The van der Waals surface area contributed by atoms with E-state index in [-0.39, 0.29) is 25.3 Å². The van der Waals surface area contributed by atoms with Crippen LogP contribution in [0, 0.1) is 0 Å². The fraction of sp³-hybridized carbons (Fsp3) is 0.192. The first kappa shape index (κ1) is 23.5. The van der Waals surface area contributed by atoms with Gasteiger partial charge in [-0.15, -0.1) is 0 Å². The Bertz CT molecular complexity index is 1260. The predicted octanol–water partition coefficient (Wildman–Crippen LogP) is 3.16. The average molecular weight is 477 g/mol. The minimum atomic E-state index is -1.27. The van der Waals surface area contributed by atoms with E-state index in [4.69, 9.17) is 11.6 Å². The van der Waals surface area contributed by atoms with E-state index in [1.165, 1.54) is 0 Å². The molecule has 0 aliphatic carbocycles. The maximum Gasteiger partial charge on any atom is 0.249 e. The number of hydrogen-bond acceptors (Lipinski definition) is 4. The molecule has 4 N–H and O–H groups in total. The van der Waals surface area contributed by atoms with Crippen LogP contribution in [0.15, 0.2) is 79.1 Å². The van der Waals surface area contributed by atoms with Gasteiger partial charge in [0.25, 0.3) is 0 Å². The van der Waals surface area contributed by atoms with E-state index in [1.54, 1.807) is 36.7 Å². The number of carbonyl (C=O) groups excluding carboxylic acids is 2. The molecule has 0 aliphatic rings. The number of amides is 2. The molecule has 4 rings (SSSR count). The van der Waals surface area contributed by atoms with Gasteiger partial charge in [-0.25, -0.2) is 4.98 Å². The number of aromatic amines is 1. The summed E-state index contributed by atoms with van der Waals surface area (Å²) >= 11 is 5.97. The van der Waals surface area contributed by atoms with Crippen molar-refractivity contribution in [3.8, 4) is 0 Å². The molecule has 0 radical (unpaired) electrons. The summed E-state index contributed by atoms with van der Waals surface area (Å²) in [5.41, 5.74) is 3.27. The van der Waals surface area contributed by atoms with E-state index in [0.29, 0.717) is 5.02 Å². The molecule has 174 valence electrons. The number of pyridine rings is 1. The van der Waals surface area contributed by atoms with E-state index < -0.39 is 18.1 Å². The Kier molecular flexibility index (Phi) is 7.57. The van der Waals surface area contributed by atoms with Crippen molar-refractivity contribution >= 4 is 34.4 Å². The molecule has 0 aliphatic heterocycles. The number of aliphatic hydroxyl groups excluding tert-OH is 1. The second-order valence-electron chi connectivity index (χ2n) is 8.07. The van der Waals surface area contributed by atoms with Gasteiger partial charge >= 0.3 is 0 Å². The van der Waals surface area contributed by atoms with Crippen LogP contribution >= 0.6 is 11.6 Å². The summed E-state index contributed by atoms with van der Waals surface area (Å²) < 4.78 is 0. The number of nitrogens with one attached hydrogen (secondary N) is 3. The van der Waals surface area contributed by atoms with Crippen LogP contribution in [0.5, 0.6) is 0 Å². The summed E-state index contributed by atoms with van der Waals surface area (Å²) in [5, 5.41) is 17.5. The molecule has 2 aromatic heterocycles. The van der Waals surface area contributed by atoms with Crippen LogP contribution in [0.3, 0.4) is 0 Å². The van der Waals surface area contributed by atoms with Crippen molar-refractivity contribution in [3.05, 3.63) is 101 Å². The average Bonchev–Trinajstić information content (AvgIpc) is 3.32. The molecule has 2 heterocycles. The number of fused-ring (bicyclic) bond motifs is 1. The van der Waals surface area contributed by atoms with Crippen molar-refractivity contribution in [2.75, 3.05) is 0 Å². The van der Waals surface area contributed by atoms with Crippen molar-refractivity contribution in [1.29, 1.82) is 0 Å². The van der Waals surface area contributed by atoms with Crippen LogP contribution < -0.4 is 10.6 Å². The summed E-state index contributed by atoms with van der Waals surface area (Å²) in [6, 6.07) is 19.3. The number of H-pyrrole nitrogens is 1. The molecule has 0 saturated carbocycles. The fourth-order valence-corrected chi connectivity index (χ4v) is 3.78. The Morgan fingerprint density at radius 2 is 1.68 bits per heavy atom. The summed E-state index contributed by atoms with van der Waals surface area (Å²) in [6.45, 7) is 0.256. The van der Waals surface area contributed by atoms with Crippen LogP contribution in [-0.4, -0.2) is 39.0 Å². The molecule has 0 fully saturated rings. The lowest BCUT2D eigenvalue weighted by Crippen LogP contribution is -2.51. The number of carbonyl (C=O) groups is 2. The number of nitrogens with zero attached hydrogens (tertiary/aromatic N) is 1. The van der Waals surface area contributed by atoms with Crippen molar-refractivity contribution in [1.82, 2.24) is 20.6 Å². The van der Waals surface area contributed by atoms with Gasteiger partial charge in [-0.2, -0.15) is 0 Å². The molecule has 7 nitrogen and oxygen atoms in total. The molecule has 2 amide bonds. The molecule has 34 heavy (non-hydrogen) atoms. The highest BCUT2D eigenvalue weighted by molar-refractivity contribution is 6.30. The topological polar surface area (TPSA) is 107 Å². The number of aromatic nitrogens is 2. The largest absolute Gasteiger partial charge is 0.383 e. The van der Waals surface area contributed by atoms with Crippen LogP contribution in [0.1, 0.15) is 16.7 Å². The number of halogens is 1. The first-order valence-corrected chi connectivity index (χ1v) is 11.3. The smallest absolute Gasteiger partial charge is 0.249 e. The molecule has 2 aromatic carbocycles. The van der Waals surface area contributed by atoms with Gasteiger partial charge < -0.3 is 20.7 Å². The van der Waals surface area contributed by atoms with Crippen LogP contribution in [0.2, 0.25) is 5.02 Å². The monoisotopic (exact) mass is 476 g/mol. The fourth-order valence-electron chi connectivity index (χ4n) is 3.66. The number of aliphatic hydroxyl groups is 1. The lowest BCUT2D eigenvalue weighted by Gasteiger charge is -2.21. The summed E-state index contributed by atoms with van der Waals surface area (Å²) in [6.07, 6.45) is 2.63. The number of hydrogen-bond donors (Lipinski definition) is 4. The Balaban J connectivity index is 1.43. The van der Waals surface area contributed by atoms with Crippen molar-refractivity contribution in [3.63, 3.8) is 0 Å². The normalized spacial score (nSPS) is 12.8. The van der Waals surface area contributed by atoms with Crippen molar-refractivity contribution in [2.45, 2.75) is 31.5 Å². The van der Waals surface area contributed by atoms with Crippen molar-refractivity contribution < 1.29 is 14.7 Å². The van der Waals surface area contributed by atoms with Gasteiger partial charge in [0.2, 0.25) is 11.8 Å². The molecule has 4 aromatic rings. The molecular weight excluding hydrogens is 452 g/mol. The third-order valence-electron chi connectivity index (χ3n) is 5.48. The summed E-state index contributed by atoms with van der Waals surface area (Å²) in [5.74, 6) is -0.960. The van der Waals surface area contributed by atoms with Crippen LogP contribution in [-0.2, 0) is 29.0 Å². The van der Waals surface area contributed by atoms with Gasteiger partial charge in [0, 0.05) is 42.2 Å². The third-order valence-corrected chi connectivity index (χ3v) is 5.74. The summed E-state index contributed by atoms with van der Waals surface area (Å²) in [7, 11) is 0. The van der Waals surface area contributed by atoms with Gasteiger partial charge in [0.15, 0.2) is 0 Å². The maximum atomic E-state index is 13.1. The zero-order valence-corrected chi connectivity index (χ0v) is 19.1. The van der Waals surface area contributed by atoms with E-state index in [9.17, 15) is 14.7 Å². The SMILES string of the molecule is O=C(N[C@@H](Cc1ccc(Cl)cc1)C(=O)NCc1cnc2[nH]ccc2c1)C(O)Cc1ccccc1. The lowest BCUT2D eigenvalue weighted by molar-refractivity contribution is -0.134. The van der Waals surface area contributed by atoms with Gasteiger partial charge in [-0.1, -0.05) is 54.1 Å². The second-order valence-corrected chi connectivity index (χ2v) is 8.51. The molecule has 8 heteroatoms. The Morgan fingerprint density at radius 1 is 0.941 bits per heavy atom. The highest BCUT2D eigenvalue weighted by Gasteiger charge is 2.25. The first-order chi connectivity index (χ1) is 16.5. The van der Waals surface area contributed by atoms with Gasteiger partial charge in [0.1, 0.15) is 17.8 Å². The Hall–Kier alpha value is -3.68. The highest BCUT2D eigenvalue weighted by Crippen LogP contribution is 2.13. The first-order valence-electron chi connectivity index (χ1n) is 10.9. The zero-order chi connectivity index (χ0) is 23.9. The third kappa shape index (κ3) is 6.21. The summed E-state index contributed by atoms with van der Waals surface area (Å²) in [4.78, 5) is 33.1. The predicted molar refractivity (Wildman–Crippen MR) is 131 cm³/mol. The van der Waals surface area contributed by atoms with Crippen molar-refractivity contribution in [2.24, 2.45) is 0 Å². The quantitative estimate of drug-likeness (QED) is 0.297. The standard InChI is InChI=1S/C26H25ClN4O3/c27-21-8-6-18(7-9-21)13-22(31-26(34)23(32)14-17-4-2-1-3-5-17)25(33)30-16-19-12-20-10-11-28-24(20)29-15-19/h1-12,15,22-23,32H,13-14,16H2,(H,28,29)(H,30,33)(H,31,34)/t22-,23?/m0/s1. The molecule has 0 bridgehead atoms. The molecule has 1 unspecified atom stereocenters. The van der Waals surface area contributed by atoms with Gasteiger partial charge in [-0.3, -0.25) is 9.59 Å². The Morgan fingerprint density at radius 3 is 2.44 bits per heavy atom. The number of benzene rings is 2. The molecule has 0 spiro atoms. The minimum absolute atomic E-state index is 0.157. The Labute approximate surface area is 202 Å².